The molecule has 1 heterocycles. The van der Waals surface area contributed by atoms with Gasteiger partial charge in [-0.2, -0.15) is 0 Å². The second-order valence-corrected chi connectivity index (χ2v) is 4.80. The van der Waals surface area contributed by atoms with Crippen molar-refractivity contribution in [3.63, 3.8) is 0 Å². The molecule has 0 aliphatic heterocycles. The Morgan fingerprint density at radius 2 is 1.67 bits per heavy atom. The third kappa shape index (κ3) is 3.14. The number of hydrogen-bond acceptors (Lipinski definition) is 2. The first-order chi connectivity index (χ1) is 7.24. The molecule has 1 aromatic heterocycles. The summed E-state index contributed by atoms with van der Waals surface area (Å²) in [5.41, 5.74) is 1.17. The van der Waals surface area contributed by atoms with E-state index in [1.54, 1.807) is 0 Å². The molecule has 0 atom stereocenters. The van der Waals surface area contributed by atoms with Gasteiger partial charge in [0.1, 0.15) is 5.82 Å². The Morgan fingerprint density at radius 1 is 1.07 bits per heavy atom. The van der Waals surface area contributed by atoms with Crippen LogP contribution in [0.3, 0.4) is 0 Å². The minimum atomic E-state index is 0.744. The molecule has 0 fully saturated rings. The van der Waals surface area contributed by atoms with Crippen molar-refractivity contribution >= 4 is 34.2 Å². The molecule has 2 nitrogen and oxygen atoms in total. The Hall–Kier alpha value is -0.680. The van der Waals surface area contributed by atoms with Gasteiger partial charge in [-0.3, -0.25) is 0 Å². The highest BCUT2D eigenvalue weighted by Gasteiger charge is 1.99. The number of rotatable bonds is 2. The van der Waals surface area contributed by atoms with Gasteiger partial charge in [-0.15, -0.1) is 0 Å². The molecule has 0 radical (unpaired) electrons. The molecule has 0 spiro atoms. The Morgan fingerprint density at radius 3 is 2.27 bits per heavy atom. The molecule has 0 bridgehead atoms. The number of halogens is 2. The van der Waals surface area contributed by atoms with Crippen molar-refractivity contribution in [2.75, 3.05) is 0 Å². The lowest BCUT2D eigenvalue weighted by Crippen LogP contribution is -1.95. The molecule has 4 heteroatoms. The van der Waals surface area contributed by atoms with Crippen LogP contribution in [0.15, 0.2) is 36.7 Å². The van der Waals surface area contributed by atoms with Crippen LogP contribution in [-0.4, -0.2) is 9.97 Å². The predicted molar refractivity (Wildman–Crippen MR) is 69.0 cm³/mol. The van der Waals surface area contributed by atoms with E-state index in [2.05, 4.69) is 32.6 Å². The topological polar surface area (TPSA) is 25.8 Å². The van der Waals surface area contributed by atoms with Crippen LogP contribution in [0.25, 0.3) is 0 Å². The molecule has 0 N–H and O–H groups in total. The molecule has 15 heavy (non-hydrogen) atoms. The number of hydrogen-bond donors (Lipinski definition) is 0. The van der Waals surface area contributed by atoms with Gasteiger partial charge in [0.15, 0.2) is 0 Å². The summed E-state index contributed by atoms with van der Waals surface area (Å²) in [6.07, 6.45) is 4.38. The third-order valence-electron chi connectivity index (χ3n) is 1.95. The van der Waals surface area contributed by atoms with Crippen molar-refractivity contribution in [2.24, 2.45) is 0 Å². The first kappa shape index (κ1) is 10.8. The van der Waals surface area contributed by atoms with Crippen LogP contribution in [0.5, 0.6) is 0 Å². The SMILES string of the molecule is Clc1ccc(Cc2ncc(I)cn2)cc1. The predicted octanol–water partition coefficient (Wildman–Crippen LogP) is 3.33. The van der Waals surface area contributed by atoms with Gasteiger partial charge in [-0.1, -0.05) is 23.7 Å². The second kappa shape index (κ2) is 4.90. The Bertz CT molecular complexity index is 396. The van der Waals surface area contributed by atoms with E-state index in [9.17, 15) is 0 Å². The molecule has 1 aromatic carbocycles. The molecule has 2 rings (SSSR count). The van der Waals surface area contributed by atoms with Gasteiger partial charge in [0, 0.05) is 27.4 Å². The summed E-state index contributed by atoms with van der Waals surface area (Å²) < 4.78 is 1.05. The summed E-state index contributed by atoms with van der Waals surface area (Å²) in [6.45, 7) is 0. The molecule has 0 amide bonds. The average Bonchev–Trinajstić information content (AvgIpc) is 2.25. The lowest BCUT2D eigenvalue weighted by Gasteiger charge is -2.00. The molecule has 76 valence electrons. The van der Waals surface area contributed by atoms with Crippen LogP contribution in [0.4, 0.5) is 0 Å². The quantitative estimate of drug-likeness (QED) is 0.790. The van der Waals surface area contributed by atoms with E-state index in [4.69, 9.17) is 11.6 Å². The Kier molecular flexibility index (Phi) is 3.53. The summed E-state index contributed by atoms with van der Waals surface area (Å²) in [4.78, 5) is 8.49. The van der Waals surface area contributed by atoms with E-state index in [1.807, 2.05) is 36.7 Å². The molecular weight excluding hydrogens is 322 g/mol. The van der Waals surface area contributed by atoms with Crippen molar-refractivity contribution < 1.29 is 0 Å². The van der Waals surface area contributed by atoms with E-state index in [1.165, 1.54) is 5.56 Å². The minimum absolute atomic E-state index is 0.744. The van der Waals surface area contributed by atoms with E-state index in [-0.39, 0.29) is 0 Å². The summed E-state index contributed by atoms with van der Waals surface area (Å²) in [5, 5.41) is 0.752. The molecular formula is C11H8ClIN2. The highest BCUT2D eigenvalue weighted by molar-refractivity contribution is 14.1. The molecule has 2 aromatic rings. The number of nitrogens with zero attached hydrogens (tertiary/aromatic N) is 2. The van der Waals surface area contributed by atoms with Gasteiger partial charge in [-0.25, -0.2) is 9.97 Å². The maximum absolute atomic E-state index is 5.80. The third-order valence-corrected chi connectivity index (χ3v) is 2.76. The van der Waals surface area contributed by atoms with E-state index in [0.29, 0.717) is 0 Å². The smallest absolute Gasteiger partial charge is 0.132 e. The maximum atomic E-state index is 5.80. The second-order valence-electron chi connectivity index (χ2n) is 3.12. The molecule has 0 unspecified atom stereocenters. The fourth-order valence-electron chi connectivity index (χ4n) is 1.22. The summed E-state index contributed by atoms with van der Waals surface area (Å²) >= 11 is 7.99. The summed E-state index contributed by atoms with van der Waals surface area (Å²) in [5.74, 6) is 0.831. The van der Waals surface area contributed by atoms with Crippen molar-refractivity contribution in [2.45, 2.75) is 6.42 Å². The van der Waals surface area contributed by atoms with Gasteiger partial charge < -0.3 is 0 Å². The fourth-order valence-corrected chi connectivity index (χ4v) is 1.62. The highest BCUT2D eigenvalue weighted by atomic mass is 127. The van der Waals surface area contributed by atoms with E-state index in [0.717, 1.165) is 20.8 Å². The van der Waals surface area contributed by atoms with Gasteiger partial charge in [0.05, 0.1) is 0 Å². The highest BCUT2D eigenvalue weighted by Crippen LogP contribution is 2.11. The zero-order valence-corrected chi connectivity index (χ0v) is 10.7. The molecule has 0 saturated heterocycles. The number of benzene rings is 1. The zero-order valence-electron chi connectivity index (χ0n) is 7.82. The van der Waals surface area contributed by atoms with Crippen LogP contribution >= 0.6 is 34.2 Å². The lowest BCUT2D eigenvalue weighted by atomic mass is 10.1. The summed E-state index contributed by atoms with van der Waals surface area (Å²) in [6, 6.07) is 7.74. The first-order valence-corrected chi connectivity index (χ1v) is 5.90. The monoisotopic (exact) mass is 330 g/mol. The van der Waals surface area contributed by atoms with Crippen LogP contribution in [-0.2, 0) is 6.42 Å². The van der Waals surface area contributed by atoms with Crippen LogP contribution in [0, 0.1) is 3.57 Å². The average molecular weight is 331 g/mol. The zero-order chi connectivity index (χ0) is 10.7. The van der Waals surface area contributed by atoms with Crippen LogP contribution in [0.2, 0.25) is 5.02 Å². The molecule has 0 aliphatic rings. The van der Waals surface area contributed by atoms with Crippen LogP contribution < -0.4 is 0 Å². The van der Waals surface area contributed by atoms with E-state index < -0.39 is 0 Å². The van der Waals surface area contributed by atoms with Crippen molar-refractivity contribution in [1.82, 2.24) is 9.97 Å². The van der Waals surface area contributed by atoms with Gasteiger partial charge >= 0.3 is 0 Å². The molecule has 0 saturated carbocycles. The Labute approximate surface area is 107 Å². The van der Waals surface area contributed by atoms with Crippen molar-refractivity contribution in [1.29, 1.82) is 0 Å². The van der Waals surface area contributed by atoms with E-state index >= 15 is 0 Å². The fraction of sp³-hybridized carbons (Fsp3) is 0.0909. The summed E-state index contributed by atoms with van der Waals surface area (Å²) in [7, 11) is 0. The standard InChI is InChI=1S/C11H8ClIN2/c12-9-3-1-8(2-4-9)5-11-14-6-10(13)7-15-11/h1-4,6-7H,5H2. The first-order valence-electron chi connectivity index (χ1n) is 4.45. The minimum Gasteiger partial charge on any atom is -0.240 e. The maximum Gasteiger partial charge on any atom is 0.132 e. The van der Waals surface area contributed by atoms with Gasteiger partial charge in [0.2, 0.25) is 0 Å². The Balaban J connectivity index is 2.15. The van der Waals surface area contributed by atoms with Crippen molar-refractivity contribution in [3.05, 3.63) is 56.6 Å². The van der Waals surface area contributed by atoms with Gasteiger partial charge in [0.25, 0.3) is 0 Å². The van der Waals surface area contributed by atoms with Gasteiger partial charge in [-0.05, 0) is 40.3 Å². The largest absolute Gasteiger partial charge is 0.240 e. The lowest BCUT2D eigenvalue weighted by molar-refractivity contribution is 0.961. The van der Waals surface area contributed by atoms with Crippen molar-refractivity contribution in [3.8, 4) is 0 Å². The number of aromatic nitrogens is 2. The molecule has 0 aliphatic carbocycles. The normalized spacial score (nSPS) is 10.3. The van der Waals surface area contributed by atoms with Crippen LogP contribution in [0.1, 0.15) is 11.4 Å².